The second-order valence-electron chi connectivity index (χ2n) is 6.55. The summed E-state index contributed by atoms with van der Waals surface area (Å²) in [4.78, 5) is 12.0. The molecule has 0 aromatic rings. The molecule has 2 fully saturated rings. The van der Waals surface area contributed by atoms with Crippen molar-refractivity contribution in [2.75, 3.05) is 19.8 Å². The third kappa shape index (κ3) is 3.69. The molecule has 4 heteroatoms. The third-order valence-corrected chi connectivity index (χ3v) is 3.84. The topological polar surface area (TPSA) is 47.6 Å². The van der Waals surface area contributed by atoms with Crippen molar-refractivity contribution in [2.24, 2.45) is 11.3 Å². The van der Waals surface area contributed by atoms with E-state index in [0.717, 1.165) is 19.4 Å². The van der Waals surface area contributed by atoms with Crippen molar-refractivity contribution in [1.82, 2.24) is 5.32 Å². The molecule has 2 aliphatic rings. The van der Waals surface area contributed by atoms with Crippen LogP contribution in [-0.2, 0) is 14.3 Å². The van der Waals surface area contributed by atoms with E-state index in [1.807, 2.05) is 0 Å². The molecule has 2 rings (SSSR count). The lowest BCUT2D eigenvalue weighted by Crippen LogP contribution is -2.48. The van der Waals surface area contributed by atoms with Crippen LogP contribution in [0.4, 0.5) is 0 Å². The number of nitrogens with one attached hydrogen (secondary N) is 1. The minimum absolute atomic E-state index is 0.0694. The van der Waals surface area contributed by atoms with Crippen LogP contribution in [0.2, 0.25) is 0 Å². The fraction of sp³-hybridized carbons (Fsp3) is 0.929. The van der Waals surface area contributed by atoms with Crippen molar-refractivity contribution in [3.8, 4) is 0 Å². The van der Waals surface area contributed by atoms with E-state index in [9.17, 15) is 4.79 Å². The van der Waals surface area contributed by atoms with Gasteiger partial charge in [0.05, 0.1) is 13.2 Å². The molecule has 3 unspecified atom stereocenters. The lowest BCUT2D eigenvalue weighted by molar-refractivity contribution is -0.159. The summed E-state index contributed by atoms with van der Waals surface area (Å²) in [5.41, 5.74) is 0.277. The van der Waals surface area contributed by atoms with E-state index >= 15 is 0 Å². The zero-order chi connectivity index (χ0) is 13.2. The number of morpholine rings is 1. The highest BCUT2D eigenvalue weighted by Gasteiger charge is 2.35. The van der Waals surface area contributed by atoms with Crippen LogP contribution < -0.4 is 5.32 Å². The summed E-state index contributed by atoms with van der Waals surface area (Å²) in [7, 11) is 0. The second kappa shape index (κ2) is 5.57. The standard InChI is InChI=1S/C14H25NO3/c1-10-6-11(8-14(2,3)7-10)18-13(16)12-9-17-5-4-15-12/h10-12,15H,4-9H2,1-3H3. The van der Waals surface area contributed by atoms with Gasteiger partial charge in [0.1, 0.15) is 12.1 Å². The van der Waals surface area contributed by atoms with E-state index in [-0.39, 0.29) is 23.5 Å². The van der Waals surface area contributed by atoms with Crippen LogP contribution in [0.1, 0.15) is 40.0 Å². The highest BCUT2D eigenvalue weighted by Crippen LogP contribution is 2.39. The molecule has 4 nitrogen and oxygen atoms in total. The van der Waals surface area contributed by atoms with Crippen LogP contribution in [0.5, 0.6) is 0 Å². The molecule has 1 heterocycles. The average Bonchev–Trinajstić information content (AvgIpc) is 2.27. The largest absolute Gasteiger partial charge is 0.461 e. The van der Waals surface area contributed by atoms with Gasteiger partial charge in [-0.15, -0.1) is 0 Å². The minimum atomic E-state index is -0.279. The smallest absolute Gasteiger partial charge is 0.325 e. The SMILES string of the molecule is CC1CC(OC(=O)C2COCCN2)CC(C)(C)C1. The van der Waals surface area contributed by atoms with Gasteiger partial charge in [-0.1, -0.05) is 20.8 Å². The summed E-state index contributed by atoms with van der Waals surface area (Å²) in [6.07, 6.45) is 3.24. The van der Waals surface area contributed by atoms with Crippen LogP contribution in [0, 0.1) is 11.3 Å². The Morgan fingerprint density at radius 1 is 1.39 bits per heavy atom. The number of hydrogen-bond donors (Lipinski definition) is 1. The van der Waals surface area contributed by atoms with Gasteiger partial charge in [0, 0.05) is 6.54 Å². The molecule has 0 aromatic heterocycles. The van der Waals surface area contributed by atoms with Gasteiger partial charge >= 0.3 is 5.97 Å². The van der Waals surface area contributed by atoms with Gasteiger partial charge in [-0.2, -0.15) is 0 Å². The first kappa shape index (κ1) is 13.8. The predicted octanol–water partition coefficient (Wildman–Crippen LogP) is 1.73. The molecular formula is C14H25NO3. The van der Waals surface area contributed by atoms with Gasteiger partial charge in [-0.3, -0.25) is 4.79 Å². The van der Waals surface area contributed by atoms with Crippen LogP contribution in [0.25, 0.3) is 0 Å². The highest BCUT2D eigenvalue weighted by molar-refractivity contribution is 5.76. The normalized spacial score (nSPS) is 36.1. The first-order valence-corrected chi connectivity index (χ1v) is 6.98. The lowest BCUT2D eigenvalue weighted by atomic mass is 9.71. The van der Waals surface area contributed by atoms with Crippen molar-refractivity contribution < 1.29 is 14.3 Å². The van der Waals surface area contributed by atoms with Crippen LogP contribution >= 0.6 is 0 Å². The molecule has 0 bridgehead atoms. The molecule has 0 radical (unpaired) electrons. The molecule has 0 amide bonds. The van der Waals surface area contributed by atoms with E-state index in [4.69, 9.17) is 9.47 Å². The Hall–Kier alpha value is -0.610. The molecule has 0 aromatic carbocycles. The monoisotopic (exact) mass is 255 g/mol. The number of carbonyl (C=O) groups excluding carboxylic acids is 1. The predicted molar refractivity (Wildman–Crippen MR) is 69.3 cm³/mol. The van der Waals surface area contributed by atoms with E-state index in [1.54, 1.807) is 0 Å². The summed E-state index contributed by atoms with van der Waals surface area (Å²) in [5, 5.41) is 3.14. The van der Waals surface area contributed by atoms with Gasteiger partial charge < -0.3 is 14.8 Å². The minimum Gasteiger partial charge on any atom is -0.461 e. The van der Waals surface area contributed by atoms with E-state index in [1.165, 1.54) is 6.42 Å². The fourth-order valence-corrected chi connectivity index (χ4v) is 3.31. The Labute approximate surface area is 109 Å². The number of esters is 1. The highest BCUT2D eigenvalue weighted by atomic mass is 16.5. The van der Waals surface area contributed by atoms with E-state index in [2.05, 4.69) is 26.1 Å². The molecule has 1 saturated heterocycles. The van der Waals surface area contributed by atoms with Crippen molar-refractivity contribution in [2.45, 2.75) is 52.2 Å². The van der Waals surface area contributed by atoms with Crippen LogP contribution in [0.3, 0.4) is 0 Å². The maximum absolute atomic E-state index is 12.0. The zero-order valence-electron chi connectivity index (χ0n) is 11.7. The number of ether oxygens (including phenoxy) is 2. The maximum atomic E-state index is 12.0. The molecule has 18 heavy (non-hydrogen) atoms. The van der Waals surface area contributed by atoms with Gasteiger partial charge in [0.2, 0.25) is 0 Å². The fourth-order valence-electron chi connectivity index (χ4n) is 3.31. The Balaban J connectivity index is 1.86. The van der Waals surface area contributed by atoms with Crippen molar-refractivity contribution in [3.63, 3.8) is 0 Å². The Morgan fingerprint density at radius 2 is 2.17 bits per heavy atom. The van der Waals surface area contributed by atoms with Crippen LogP contribution in [-0.4, -0.2) is 37.9 Å². The number of carbonyl (C=O) groups is 1. The maximum Gasteiger partial charge on any atom is 0.325 e. The number of hydrogen-bond acceptors (Lipinski definition) is 4. The first-order valence-electron chi connectivity index (χ1n) is 6.98. The molecule has 3 atom stereocenters. The van der Waals surface area contributed by atoms with Crippen molar-refractivity contribution in [3.05, 3.63) is 0 Å². The van der Waals surface area contributed by atoms with Gasteiger partial charge in [0.25, 0.3) is 0 Å². The quantitative estimate of drug-likeness (QED) is 0.763. The zero-order valence-corrected chi connectivity index (χ0v) is 11.7. The second-order valence-corrected chi connectivity index (χ2v) is 6.55. The molecule has 1 aliphatic carbocycles. The van der Waals surface area contributed by atoms with Crippen LogP contribution in [0.15, 0.2) is 0 Å². The molecule has 0 spiro atoms. The third-order valence-electron chi connectivity index (χ3n) is 3.84. The molecule has 104 valence electrons. The summed E-state index contributed by atoms with van der Waals surface area (Å²) in [6.45, 7) is 8.59. The summed E-state index contributed by atoms with van der Waals surface area (Å²) in [6, 6.07) is -0.279. The van der Waals surface area contributed by atoms with E-state index in [0.29, 0.717) is 19.1 Å². The van der Waals surface area contributed by atoms with Crippen molar-refractivity contribution in [1.29, 1.82) is 0 Å². The van der Waals surface area contributed by atoms with Gasteiger partial charge in [-0.25, -0.2) is 0 Å². The van der Waals surface area contributed by atoms with E-state index < -0.39 is 0 Å². The summed E-state index contributed by atoms with van der Waals surface area (Å²) in [5.74, 6) is 0.478. The van der Waals surface area contributed by atoms with Gasteiger partial charge in [0.15, 0.2) is 0 Å². The molecule has 1 saturated carbocycles. The average molecular weight is 255 g/mol. The molecular weight excluding hydrogens is 230 g/mol. The molecule has 1 N–H and O–H groups in total. The Morgan fingerprint density at radius 3 is 2.78 bits per heavy atom. The Kier molecular flexibility index (Phi) is 4.28. The lowest BCUT2D eigenvalue weighted by Gasteiger charge is -2.39. The van der Waals surface area contributed by atoms with Crippen molar-refractivity contribution >= 4 is 5.97 Å². The molecule has 1 aliphatic heterocycles. The Bertz CT molecular complexity index is 297. The van der Waals surface area contributed by atoms with Gasteiger partial charge in [-0.05, 0) is 30.6 Å². The number of rotatable bonds is 2. The summed E-state index contributed by atoms with van der Waals surface area (Å²) < 4.78 is 10.9. The summed E-state index contributed by atoms with van der Waals surface area (Å²) >= 11 is 0. The first-order chi connectivity index (χ1) is 8.46.